The van der Waals surface area contributed by atoms with Gasteiger partial charge in [-0.15, -0.1) is 0 Å². The van der Waals surface area contributed by atoms with Gasteiger partial charge in [0.1, 0.15) is 12.4 Å². The molecule has 1 saturated heterocycles. The topological polar surface area (TPSA) is 75.6 Å². The van der Waals surface area contributed by atoms with Gasteiger partial charge in [-0.05, 0) is 25.7 Å². The van der Waals surface area contributed by atoms with E-state index in [2.05, 4.69) is 29.2 Å². The zero-order valence-corrected chi connectivity index (χ0v) is 17.5. The van der Waals surface area contributed by atoms with Gasteiger partial charge in [-0.2, -0.15) is 0 Å². The number of nitrogens with zero attached hydrogens (tertiary/aromatic N) is 3. The van der Waals surface area contributed by atoms with E-state index in [9.17, 15) is 4.79 Å². The maximum Gasteiger partial charge on any atom is 0.329 e. The Morgan fingerprint density at radius 1 is 1.00 bits per heavy atom. The highest BCUT2D eigenvalue weighted by molar-refractivity contribution is 5.78. The number of carboxylic acids is 1. The second-order valence-corrected chi connectivity index (χ2v) is 7.74. The van der Waals surface area contributed by atoms with Gasteiger partial charge in [0.25, 0.3) is 0 Å². The molecule has 6 heteroatoms. The summed E-state index contributed by atoms with van der Waals surface area (Å²) < 4.78 is 5.29. The zero-order chi connectivity index (χ0) is 21.5. The lowest BCUT2D eigenvalue weighted by Gasteiger charge is -2.36. The Hall–Kier alpha value is -3.25. The highest BCUT2D eigenvalue weighted by Crippen LogP contribution is 2.32. The molecule has 1 N–H and O–H groups in total. The number of aromatic nitrogens is 2. The number of benzene rings is 2. The molecule has 0 spiro atoms. The predicted octanol–water partition coefficient (Wildman–Crippen LogP) is 4.66. The van der Waals surface area contributed by atoms with Crippen LogP contribution in [0, 0.1) is 0 Å². The van der Waals surface area contributed by atoms with Crippen LogP contribution in [0.3, 0.4) is 0 Å². The van der Waals surface area contributed by atoms with Gasteiger partial charge < -0.3 is 14.7 Å². The summed E-state index contributed by atoms with van der Waals surface area (Å²) in [6.07, 6.45) is 5.94. The van der Waals surface area contributed by atoms with Crippen LogP contribution in [0.1, 0.15) is 25.7 Å². The molecule has 3 aromatic rings. The van der Waals surface area contributed by atoms with E-state index < -0.39 is 5.97 Å². The third-order valence-corrected chi connectivity index (χ3v) is 5.60. The molecule has 1 aliphatic rings. The molecular weight excluding hydrogens is 390 g/mol. The summed E-state index contributed by atoms with van der Waals surface area (Å²) in [5.74, 6) is -0.0724. The van der Waals surface area contributed by atoms with E-state index in [0.29, 0.717) is 6.61 Å². The molecule has 2 aromatic carbocycles. The van der Waals surface area contributed by atoms with Gasteiger partial charge >= 0.3 is 5.97 Å². The average molecular weight is 418 g/mol. The Bertz CT molecular complexity index is 995. The van der Waals surface area contributed by atoms with E-state index in [1.54, 1.807) is 0 Å². The molecule has 1 unspecified atom stereocenters. The summed E-state index contributed by atoms with van der Waals surface area (Å²) in [4.78, 5) is 22.9. The maximum absolute atomic E-state index is 10.7. The summed E-state index contributed by atoms with van der Waals surface area (Å²) in [6.45, 7) is 1.09. The smallest absolute Gasteiger partial charge is 0.329 e. The molecule has 6 nitrogen and oxygen atoms in total. The Morgan fingerprint density at radius 2 is 1.68 bits per heavy atom. The van der Waals surface area contributed by atoms with Crippen LogP contribution >= 0.6 is 0 Å². The Kier molecular flexibility index (Phi) is 6.89. The van der Waals surface area contributed by atoms with Crippen LogP contribution in [0.5, 0.6) is 0 Å². The second-order valence-electron chi connectivity index (χ2n) is 7.74. The van der Waals surface area contributed by atoms with Crippen LogP contribution in [0.15, 0.2) is 66.9 Å². The average Bonchev–Trinajstić information content (AvgIpc) is 2.83. The fraction of sp³-hybridized carbons (Fsp3) is 0.320. The largest absolute Gasteiger partial charge is 0.480 e. The molecule has 2 heterocycles. The van der Waals surface area contributed by atoms with E-state index in [1.807, 2.05) is 42.6 Å². The van der Waals surface area contributed by atoms with Gasteiger partial charge in [0.15, 0.2) is 0 Å². The lowest BCUT2D eigenvalue weighted by Crippen LogP contribution is -2.41. The number of piperidine rings is 1. The van der Waals surface area contributed by atoms with E-state index in [0.717, 1.165) is 60.6 Å². The fourth-order valence-electron chi connectivity index (χ4n) is 4.10. The molecule has 0 radical (unpaired) electrons. The summed E-state index contributed by atoms with van der Waals surface area (Å²) in [6, 6.07) is 20.6. The van der Waals surface area contributed by atoms with Crippen LogP contribution in [0.25, 0.3) is 22.5 Å². The molecule has 4 rings (SSSR count). The quantitative estimate of drug-likeness (QED) is 0.537. The molecule has 1 atom stereocenters. The summed E-state index contributed by atoms with van der Waals surface area (Å²) >= 11 is 0. The SMILES string of the molecule is O=C(O)COCCC1CCCCN1c1cnc(-c2ccccc2)c(-c2ccccc2)n1. The number of ether oxygens (including phenoxy) is 1. The number of rotatable bonds is 8. The van der Waals surface area contributed by atoms with Crippen molar-refractivity contribution in [1.82, 2.24) is 9.97 Å². The number of aliphatic carboxylic acids is 1. The number of carboxylic acid groups (broad SMARTS) is 1. The Morgan fingerprint density at radius 3 is 2.35 bits per heavy atom. The van der Waals surface area contributed by atoms with Crippen molar-refractivity contribution in [3.05, 3.63) is 66.9 Å². The molecule has 1 aromatic heterocycles. The monoisotopic (exact) mass is 417 g/mol. The van der Waals surface area contributed by atoms with Gasteiger partial charge in [-0.1, -0.05) is 60.7 Å². The van der Waals surface area contributed by atoms with Crippen molar-refractivity contribution in [2.75, 3.05) is 24.7 Å². The van der Waals surface area contributed by atoms with E-state index >= 15 is 0 Å². The first-order chi connectivity index (χ1) is 15.2. The standard InChI is InChI=1S/C25H27N3O3/c29-23(30)18-31-16-14-21-13-7-8-15-28(21)22-17-26-24(19-9-3-1-4-10-19)25(27-22)20-11-5-2-6-12-20/h1-6,9-12,17,21H,7-8,13-16,18H2,(H,29,30). The molecule has 31 heavy (non-hydrogen) atoms. The molecule has 0 amide bonds. The van der Waals surface area contributed by atoms with Crippen LogP contribution in [0.2, 0.25) is 0 Å². The summed E-state index contributed by atoms with van der Waals surface area (Å²) in [5.41, 5.74) is 3.82. The molecule has 0 aliphatic carbocycles. The summed E-state index contributed by atoms with van der Waals surface area (Å²) in [5, 5.41) is 8.79. The molecule has 0 bridgehead atoms. The van der Waals surface area contributed by atoms with Gasteiger partial charge in [-0.25, -0.2) is 9.78 Å². The lowest BCUT2D eigenvalue weighted by molar-refractivity contribution is -0.142. The first kappa shape index (κ1) is 21.0. The first-order valence-electron chi connectivity index (χ1n) is 10.8. The van der Waals surface area contributed by atoms with Crippen LogP contribution < -0.4 is 4.90 Å². The van der Waals surface area contributed by atoms with Gasteiger partial charge in [0, 0.05) is 30.3 Å². The third-order valence-electron chi connectivity index (χ3n) is 5.60. The number of hydrogen-bond acceptors (Lipinski definition) is 5. The van der Waals surface area contributed by atoms with E-state index in [-0.39, 0.29) is 12.6 Å². The number of carbonyl (C=O) groups is 1. The van der Waals surface area contributed by atoms with Crippen molar-refractivity contribution < 1.29 is 14.6 Å². The van der Waals surface area contributed by atoms with Crippen molar-refractivity contribution in [3.63, 3.8) is 0 Å². The third kappa shape index (κ3) is 5.27. The van der Waals surface area contributed by atoms with Crippen molar-refractivity contribution >= 4 is 11.8 Å². The highest BCUT2D eigenvalue weighted by Gasteiger charge is 2.25. The lowest BCUT2D eigenvalue weighted by atomic mass is 9.99. The molecule has 1 aliphatic heterocycles. The van der Waals surface area contributed by atoms with Crippen LogP contribution in [-0.2, 0) is 9.53 Å². The normalized spacial score (nSPS) is 16.3. The molecule has 160 valence electrons. The Labute approximate surface area is 182 Å². The minimum absolute atomic E-state index is 0.254. The van der Waals surface area contributed by atoms with Gasteiger partial charge in [0.2, 0.25) is 0 Å². The number of hydrogen-bond donors (Lipinski definition) is 1. The predicted molar refractivity (Wildman–Crippen MR) is 121 cm³/mol. The maximum atomic E-state index is 10.7. The molecular formula is C25H27N3O3. The minimum Gasteiger partial charge on any atom is -0.480 e. The number of anilines is 1. The first-order valence-corrected chi connectivity index (χ1v) is 10.8. The molecule has 1 fully saturated rings. The van der Waals surface area contributed by atoms with Gasteiger partial charge in [0.05, 0.1) is 17.6 Å². The molecule has 0 saturated carbocycles. The van der Waals surface area contributed by atoms with Crippen molar-refractivity contribution in [1.29, 1.82) is 0 Å². The Balaban J connectivity index is 1.64. The van der Waals surface area contributed by atoms with Crippen molar-refractivity contribution in [3.8, 4) is 22.5 Å². The van der Waals surface area contributed by atoms with Crippen LogP contribution in [0.4, 0.5) is 5.82 Å². The van der Waals surface area contributed by atoms with Crippen molar-refractivity contribution in [2.45, 2.75) is 31.7 Å². The van der Waals surface area contributed by atoms with Crippen LogP contribution in [-0.4, -0.2) is 46.8 Å². The van der Waals surface area contributed by atoms with Crippen molar-refractivity contribution in [2.24, 2.45) is 0 Å². The van der Waals surface area contributed by atoms with Gasteiger partial charge in [-0.3, -0.25) is 4.98 Å². The minimum atomic E-state index is -0.935. The fourth-order valence-corrected chi connectivity index (χ4v) is 4.10. The van der Waals surface area contributed by atoms with E-state index in [4.69, 9.17) is 19.8 Å². The highest BCUT2D eigenvalue weighted by atomic mass is 16.5. The second kappa shape index (κ2) is 10.2. The summed E-state index contributed by atoms with van der Waals surface area (Å²) in [7, 11) is 0. The zero-order valence-electron chi connectivity index (χ0n) is 17.5. The van der Waals surface area contributed by atoms with E-state index in [1.165, 1.54) is 0 Å².